The summed E-state index contributed by atoms with van der Waals surface area (Å²) in [5.74, 6) is 1.01. The Balaban J connectivity index is 1.60. The van der Waals surface area contributed by atoms with Crippen molar-refractivity contribution < 1.29 is 9.64 Å². The van der Waals surface area contributed by atoms with Gasteiger partial charge < -0.3 is 9.64 Å². The second-order valence-corrected chi connectivity index (χ2v) is 8.19. The lowest BCUT2D eigenvalue weighted by atomic mass is 10.2. The molecule has 1 fully saturated rings. The van der Waals surface area contributed by atoms with E-state index in [1.165, 1.54) is 5.56 Å². The van der Waals surface area contributed by atoms with Gasteiger partial charge in [0.15, 0.2) is 0 Å². The maximum absolute atomic E-state index is 5.44. The van der Waals surface area contributed by atoms with Crippen LogP contribution in [0.15, 0.2) is 29.3 Å². The monoisotopic (exact) mass is 384 g/mol. The maximum Gasteiger partial charge on any atom is 0.147 e. The van der Waals surface area contributed by atoms with E-state index in [0.29, 0.717) is 0 Å². The summed E-state index contributed by atoms with van der Waals surface area (Å²) in [6.45, 7) is 11.3. The second kappa shape index (κ2) is 7.96. The van der Waals surface area contributed by atoms with E-state index in [9.17, 15) is 0 Å². The molecule has 7 heteroatoms. The molecule has 0 bridgehead atoms. The number of rotatable bonds is 5. The molecule has 0 spiro atoms. The van der Waals surface area contributed by atoms with E-state index in [4.69, 9.17) is 9.84 Å². The Labute approximate surface area is 163 Å². The molecule has 3 aromatic rings. The van der Waals surface area contributed by atoms with Crippen molar-refractivity contribution in [1.29, 1.82) is 0 Å². The summed E-state index contributed by atoms with van der Waals surface area (Å²) in [7, 11) is 0. The minimum absolute atomic E-state index is 0.870. The third kappa shape index (κ3) is 3.85. The maximum atomic E-state index is 5.44. The number of quaternary nitrogens is 1. The molecule has 1 aliphatic rings. The minimum Gasteiger partial charge on any atom is -0.370 e. The van der Waals surface area contributed by atoms with Gasteiger partial charge in [-0.05, 0) is 32.9 Å². The van der Waals surface area contributed by atoms with Gasteiger partial charge in [-0.2, -0.15) is 10.2 Å². The van der Waals surface area contributed by atoms with E-state index in [1.54, 1.807) is 16.7 Å². The van der Waals surface area contributed by atoms with Crippen molar-refractivity contribution in [2.75, 3.05) is 38.6 Å². The van der Waals surface area contributed by atoms with Gasteiger partial charge in [-0.3, -0.25) is 0 Å². The zero-order valence-electron chi connectivity index (χ0n) is 16.2. The van der Waals surface area contributed by atoms with Crippen LogP contribution in [-0.4, -0.2) is 58.6 Å². The minimum atomic E-state index is 0.870. The average molecular weight is 385 g/mol. The zero-order chi connectivity index (χ0) is 18.8. The molecule has 27 heavy (non-hydrogen) atoms. The van der Waals surface area contributed by atoms with Crippen molar-refractivity contribution in [1.82, 2.24) is 20.0 Å². The third-order valence-corrected chi connectivity index (χ3v) is 6.10. The lowest BCUT2D eigenvalue weighted by Gasteiger charge is -2.23. The SMILES string of the molecule is Cc1ccc(-n2nc3c(SCC[NH+]4CCOCC4)nnc(C)c3c2C)cc1. The van der Waals surface area contributed by atoms with Crippen LogP contribution in [0.2, 0.25) is 0 Å². The van der Waals surface area contributed by atoms with Crippen LogP contribution in [0.5, 0.6) is 0 Å². The summed E-state index contributed by atoms with van der Waals surface area (Å²) in [6.07, 6.45) is 0. The molecular weight excluding hydrogens is 358 g/mol. The van der Waals surface area contributed by atoms with Crippen molar-refractivity contribution in [2.45, 2.75) is 25.8 Å². The van der Waals surface area contributed by atoms with Crippen molar-refractivity contribution in [2.24, 2.45) is 0 Å². The molecule has 2 aromatic heterocycles. The molecule has 0 radical (unpaired) electrons. The quantitative estimate of drug-likeness (QED) is 0.679. The van der Waals surface area contributed by atoms with Crippen LogP contribution in [0.3, 0.4) is 0 Å². The van der Waals surface area contributed by atoms with E-state index in [0.717, 1.165) is 71.6 Å². The van der Waals surface area contributed by atoms with Crippen molar-refractivity contribution in [3.05, 3.63) is 41.2 Å². The van der Waals surface area contributed by atoms with Gasteiger partial charge in [0.25, 0.3) is 0 Å². The molecule has 0 unspecified atom stereocenters. The number of hydrogen-bond donors (Lipinski definition) is 1. The number of nitrogens with one attached hydrogen (secondary N) is 1. The fourth-order valence-electron chi connectivity index (χ4n) is 3.54. The highest BCUT2D eigenvalue weighted by molar-refractivity contribution is 7.99. The average Bonchev–Trinajstić information content (AvgIpc) is 3.03. The van der Waals surface area contributed by atoms with Crippen molar-refractivity contribution in [3.8, 4) is 5.69 Å². The number of hydrogen-bond acceptors (Lipinski definition) is 5. The standard InChI is InChI=1S/C20H25N5OS/c1-14-4-6-17(7-5-14)25-16(3)18-15(2)21-22-20(19(18)23-25)27-13-10-24-8-11-26-12-9-24/h4-7H,8-13H2,1-3H3/p+1. The summed E-state index contributed by atoms with van der Waals surface area (Å²) in [6, 6.07) is 8.45. The van der Waals surface area contributed by atoms with Crippen LogP contribution in [0.1, 0.15) is 17.0 Å². The van der Waals surface area contributed by atoms with Crippen LogP contribution in [0, 0.1) is 20.8 Å². The number of aryl methyl sites for hydroxylation is 3. The molecule has 0 amide bonds. The first-order valence-corrected chi connectivity index (χ1v) is 10.5. The molecular formula is C20H26N5OS+. The molecule has 1 saturated heterocycles. The molecule has 1 aliphatic heterocycles. The molecule has 142 valence electrons. The first kappa shape index (κ1) is 18.4. The fourth-order valence-corrected chi connectivity index (χ4v) is 4.50. The molecule has 6 nitrogen and oxygen atoms in total. The summed E-state index contributed by atoms with van der Waals surface area (Å²) in [5.41, 5.74) is 5.32. The van der Waals surface area contributed by atoms with E-state index in [-0.39, 0.29) is 0 Å². The van der Waals surface area contributed by atoms with Crippen LogP contribution in [0.25, 0.3) is 16.6 Å². The van der Waals surface area contributed by atoms with E-state index in [2.05, 4.69) is 48.3 Å². The Morgan fingerprint density at radius 3 is 2.56 bits per heavy atom. The highest BCUT2D eigenvalue weighted by atomic mass is 32.2. The van der Waals surface area contributed by atoms with Gasteiger partial charge in [0.2, 0.25) is 0 Å². The van der Waals surface area contributed by atoms with Crippen molar-refractivity contribution >= 4 is 22.7 Å². The molecule has 1 aromatic carbocycles. The fraction of sp³-hybridized carbons (Fsp3) is 0.450. The summed E-state index contributed by atoms with van der Waals surface area (Å²) >= 11 is 1.76. The smallest absolute Gasteiger partial charge is 0.147 e. The van der Waals surface area contributed by atoms with E-state index < -0.39 is 0 Å². The molecule has 0 saturated carbocycles. The van der Waals surface area contributed by atoms with Gasteiger partial charge in [-0.1, -0.05) is 29.5 Å². The molecule has 4 rings (SSSR count). The van der Waals surface area contributed by atoms with Crippen LogP contribution in [0.4, 0.5) is 0 Å². The Morgan fingerprint density at radius 1 is 1.07 bits per heavy atom. The van der Waals surface area contributed by atoms with Gasteiger partial charge in [0, 0.05) is 11.1 Å². The number of ether oxygens (including phenoxy) is 1. The number of benzene rings is 1. The second-order valence-electron chi connectivity index (χ2n) is 7.11. The topological polar surface area (TPSA) is 57.3 Å². The van der Waals surface area contributed by atoms with Gasteiger partial charge >= 0.3 is 0 Å². The summed E-state index contributed by atoms with van der Waals surface area (Å²) in [4.78, 5) is 1.60. The Morgan fingerprint density at radius 2 is 1.81 bits per heavy atom. The van der Waals surface area contributed by atoms with Gasteiger partial charge in [-0.15, -0.1) is 5.10 Å². The number of fused-ring (bicyclic) bond motifs is 1. The third-order valence-electron chi connectivity index (χ3n) is 5.14. The van der Waals surface area contributed by atoms with Crippen LogP contribution in [-0.2, 0) is 4.74 Å². The zero-order valence-corrected chi connectivity index (χ0v) is 17.0. The van der Waals surface area contributed by atoms with E-state index >= 15 is 0 Å². The predicted molar refractivity (Wildman–Crippen MR) is 108 cm³/mol. The lowest BCUT2D eigenvalue weighted by molar-refractivity contribution is -0.905. The lowest BCUT2D eigenvalue weighted by Crippen LogP contribution is -3.14. The first-order valence-electron chi connectivity index (χ1n) is 9.47. The Hall–Kier alpha value is -1.96. The summed E-state index contributed by atoms with van der Waals surface area (Å²) in [5, 5.41) is 15.8. The summed E-state index contributed by atoms with van der Waals surface area (Å²) < 4.78 is 7.45. The number of nitrogens with zero attached hydrogens (tertiary/aromatic N) is 4. The molecule has 1 N–H and O–H groups in total. The van der Waals surface area contributed by atoms with Crippen LogP contribution >= 0.6 is 11.8 Å². The van der Waals surface area contributed by atoms with Gasteiger partial charge in [0.05, 0.1) is 36.8 Å². The normalized spacial score (nSPS) is 15.5. The predicted octanol–water partition coefficient (Wildman–Crippen LogP) is 1.75. The molecule has 0 aliphatic carbocycles. The molecule has 3 heterocycles. The number of aromatic nitrogens is 4. The van der Waals surface area contributed by atoms with Gasteiger partial charge in [0.1, 0.15) is 23.6 Å². The Bertz CT molecular complexity index is 932. The van der Waals surface area contributed by atoms with Gasteiger partial charge in [-0.25, -0.2) is 4.68 Å². The number of thioether (sulfide) groups is 1. The van der Waals surface area contributed by atoms with E-state index in [1.807, 2.05) is 11.6 Å². The highest BCUT2D eigenvalue weighted by Gasteiger charge is 2.18. The first-order chi connectivity index (χ1) is 13.1. The number of morpholine rings is 1. The Kier molecular flexibility index (Phi) is 5.43. The largest absolute Gasteiger partial charge is 0.370 e. The highest BCUT2D eigenvalue weighted by Crippen LogP contribution is 2.29. The van der Waals surface area contributed by atoms with Crippen LogP contribution < -0.4 is 4.90 Å². The van der Waals surface area contributed by atoms with Crippen molar-refractivity contribution in [3.63, 3.8) is 0 Å². The molecule has 0 atom stereocenters.